The minimum atomic E-state index is -0.272. The highest BCUT2D eigenvalue weighted by molar-refractivity contribution is 5.07. The second-order valence-electron chi connectivity index (χ2n) is 4.25. The van der Waals surface area contributed by atoms with Crippen molar-refractivity contribution in [3.63, 3.8) is 0 Å². The Balaban J connectivity index is 1.84. The van der Waals surface area contributed by atoms with Gasteiger partial charge in [-0.1, -0.05) is 0 Å². The molecule has 0 spiro atoms. The van der Waals surface area contributed by atoms with Gasteiger partial charge in [-0.25, -0.2) is 0 Å². The third-order valence-corrected chi connectivity index (χ3v) is 3.37. The van der Waals surface area contributed by atoms with E-state index in [0.717, 1.165) is 25.0 Å². The average molecular weight is 194 g/mol. The molecular weight excluding hydrogens is 180 g/mol. The number of hydrogen-bond donors (Lipinski definition) is 1. The minimum Gasteiger partial charge on any atom is -0.467 e. The topological polar surface area (TPSA) is 42.6 Å². The summed E-state index contributed by atoms with van der Waals surface area (Å²) in [4.78, 5) is 0. The summed E-state index contributed by atoms with van der Waals surface area (Å²) in [5.74, 6) is 1.45. The quantitative estimate of drug-likeness (QED) is 0.742. The van der Waals surface area contributed by atoms with Crippen LogP contribution in [0, 0.1) is 5.92 Å². The van der Waals surface area contributed by atoms with E-state index in [2.05, 4.69) is 0 Å². The lowest BCUT2D eigenvalue weighted by atomic mass is 9.85. The van der Waals surface area contributed by atoms with E-state index in [9.17, 15) is 5.11 Å². The number of fused-ring (bicyclic) bond motifs is 2. The van der Waals surface area contributed by atoms with Gasteiger partial charge in [0, 0.05) is 0 Å². The first-order valence-corrected chi connectivity index (χ1v) is 5.21. The SMILES string of the molecule is O[C@H]1CC[C@H]2C[C@H]1O[C@H]2c1ccco1. The van der Waals surface area contributed by atoms with E-state index in [4.69, 9.17) is 9.15 Å². The van der Waals surface area contributed by atoms with Gasteiger partial charge in [0.15, 0.2) is 0 Å². The maximum absolute atomic E-state index is 9.66. The zero-order chi connectivity index (χ0) is 9.54. The standard InChI is InChI=1S/C11H14O3/c12-8-4-3-7-6-10(8)14-11(7)9-2-1-5-13-9/h1-2,5,7-8,10-12H,3-4,6H2/t7-,8-,10+,11+/m0/s1. The normalized spacial score (nSPS) is 41.5. The number of aliphatic hydroxyl groups excluding tert-OH is 1. The molecule has 4 atom stereocenters. The van der Waals surface area contributed by atoms with E-state index in [0.29, 0.717) is 5.92 Å². The summed E-state index contributed by atoms with van der Waals surface area (Å²) in [6.45, 7) is 0. The smallest absolute Gasteiger partial charge is 0.132 e. The molecule has 3 rings (SSSR count). The molecule has 2 fully saturated rings. The highest BCUT2D eigenvalue weighted by atomic mass is 16.5. The number of rotatable bonds is 1. The zero-order valence-electron chi connectivity index (χ0n) is 7.93. The molecule has 2 bridgehead atoms. The Morgan fingerprint density at radius 3 is 3.00 bits per heavy atom. The van der Waals surface area contributed by atoms with Gasteiger partial charge >= 0.3 is 0 Å². The molecule has 3 nitrogen and oxygen atoms in total. The Hall–Kier alpha value is -0.800. The van der Waals surface area contributed by atoms with Crippen molar-refractivity contribution in [1.29, 1.82) is 0 Å². The first-order chi connectivity index (χ1) is 6.84. The van der Waals surface area contributed by atoms with E-state index in [1.807, 2.05) is 12.1 Å². The molecule has 14 heavy (non-hydrogen) atoms. The lowest BCUT2D eigenvalue weighted by molar-refractivity contribution is -0.0358. The van der Waals surface area contributed by atoms with Gasteiger partial charge in [0.25, 0.3) is 0 Å². The Labute approximate surface area is 82.7 Å². The van der Waals surface area contributed by atoms with Crippen LogP contribution in [0.3, 0.4) is 0 Å². The van der Waals surface area contributed by atoms with E-state index in [1.165, 1.54) is 0 Å². The largest absolute Gasteiger partial charge is 0.467 e. The van der Waals surface area contributed by atoms with E-state index in [-0.39, 0.29) is 18.3 Å². The summed E-state index contributed by atoms with van der Waals surface area (Å²) in [5.41, 5.74) is 0. The van der Waals surface area contributed by atoms with Crippen molar-refractivity contribution in [2.45, 2.75) is 37.6 Å². The maximum Gasteiger partial charge on any atom is 0.132 e. The molecule has 1 aliphatic carbocycles. The summed E-state index contributed by atoms with van der Waals surface area (Å²) < 4.78 is 11.2. The molecule has 76 valence electrons. The van der Waals surface area contributed by atoms with Gasteiger partial charge < -0.3 is 14.3 Å². The van der Waals surface area contributed by atoms with Crippen molar-refractivity contribution in [1.82, 2.24) is 0 Å². The molecule has 1 saturated heterocycles. The van der Waals surface area contributed by atoms with Crippen LogP contribution < -0.4 is 0 Å². The predicted molar refractivity (Wildman–Crippen MR) is 49.7 cm³/mol. The lowest BCUT2D eigenvalue weighted by Crippen LogP contribution is -2.28. The molecule has 0 unspecified atom stereocenters. The van der Waals surface area contributed by atoms with Crippen molar-refractivity contribution in [2.75, 3.05) is 0 Å². The monoisotopic (exact) mass is 194 g/mol. The molecule has 1 aliphatic heterocycles. The van der Waals surface area contributed by atoms with Crippen LogP contribution in [0.15, 0.2) is 22.8 Å². The van der Waals surface area contributed by atoms with Gasteiger partial charge in [-0.2, -0.15) is 0 Å². The number of furan rings is 1. The van der Waals surface area contributed by atoms with Gasteiger partial charge in [0.2, 0.25) is 0 Å². The van der Waals surface area contributed by atoms with Crippen LogP contribution >= 0.6 is 0 Å². The molecular formula is C11H14O3. The van der Waals surface area contributed by atoms with Crippen LogP contribution in [0.2, 0.25) is 0 Å². The average Bonchev–Trinajstić information content (AvgIpc) is 2.80. The Bertz CT molecular complexity index is 306. The highest BCUT2D eigenvalue weighted by Gasteiger charge is 2.44. The summed E-state index contributed by atoms with van der Waals surface area (Å²) in [7, 11) is 0. The van der Waals surface area contributed by atoms with Gasteiger partial charge in [-0.3, -0.25) is 0 Å². The Morgan fingerprint density at radius 1 is 1.36 bits per heavy atom. The zero-order valence-corrected chi connectivity index (χ0v) is 7.93. The Morgan fingerprint density at radius 2 is 2.29 bits per heavy atom. The Kier molecular flexibility index (Phi) is 1.89. The second kappa shape index (κ2) is 3.11. The fraction of sp³-hybridized carbons (Fsp3) is 0.636. The van der Waals surface area contributed by atoms with Crippen molar-refractivity contribution >= 4 is 0 Å². The van der Waals surface area contributed by atoms with Crippen LogP contribution in [0.1, 0.15) is 31.1 Å². The second-order valence-corrected chi connectivity index (χ2v) is 4.25. The first-order valence-electron chi connectivity index (χ1n) is 5.21. The number of ether oxygens (including phenoxy) is 1. The third-order valence-electron chi connectivity index (χ3n) is 3.37. The third kappa shape index (κ3) is 1.20. The molecule has 0 aromatic carbocycles. The van der Waals surface area contributed by atoms with Gasteiger partial charge in [0.05, 0.1) is 18.5 Å². The highest BCUT2D eigenvalue weighted by Crippen LogP contribution is 2.45. The van der Waals surface area contributed by atoms with Crippen LogP contribution in [-0.2, 0) is 4.74 Å². The lowest BCUT2D eigenvalue weighted by Gasteiger charge is -2.21. The number of aliphatic hydroxyl groups is 1. The van der Waals surface area contributed by atoms with Crippen molar-refractivity contribution in [3.8, 4) is 0 Å². The molecule has 3 heteroatoms. The molecule has 1 saturated carbocycles. The van der Waals surface area contributed by atoms with Gasteiger partial charge in [-0.15, -0.1) is 0 Å². The summed E-state index contributed by atoms with van der Waals surface area (Å²) in [6.07, 6.45) is 4.40. The van der Waals surface area contributed by atoms with E-state index < -0.39 is 0 Å². The molecule has 2 aliphatic rings. The molecule has 1 aromatic rings. The van der Waals surface area contributed by atoms with E-state index >= 15 is 0 Å². The fourth-order valence-corrected chi connectivity index (χ4v) is 2.62. The summed E-state index contributed by atoms with van der Waals surface area (Å²) in [6, 6.07) is 3.84. The molecule has 1 aromatic heterocycles. The fourth-order valence-electron chi connectivity index (χ4n) is 2.62. The van der Waals surface area contributed by atoms with Crippen LogP contribution in [0.4, 0.5) is 0 Å². The van der Waals surface area contributed by atoms with Crippen LogP contribution in [0.5, 0.6) is 0 Å². The minimum absolute atomic E-state index is 0.0313. The summed E-state index contributed by atoms with van der Waals surface area (Å²) in [5, 5.41) is 9.66. The van der Waals surface area contributed by atoms with Gasteiger partial charge in [-0.05, 0) is 37.3 Å². The van der Waals surface area contributed by atoms with Crippen LogP contribution in [-0.4, -0.2) is 17.3 Å². The van der Waals surface area contributed by atoms with Crippen molar-refractivity contribution in [2.24, 2.45) is 5.92 Å². The van der Waals surface area contributed by atoms with Crippen LogP contribution in [0.25, 0.3) is 0 Å². The molecule has 1 N–H and O–H groups in total. The molecule has 0 amide bonds. The summed E-state index contributed by atoms with van der Waals surface area (Å²) >= 11 is 0. The molecule has 0 radical (unpaired) electrons. The maximum atomic E-state index is 9.66. The first kappa shape index (κ1) is 8.50. The van der Waals surface area contributed by atoms with Crippen molar-refractivity contribution < 1.29 is 14.3 Å². The number of hydrogen-bond acceptors (Lipinski definition) is 3. The molecule has 2 heterocycles. The van der Waals surface area contributed by atoms with Gasteiger partial charge in [0.1, 0.15) is 11.9 Å². The predicted octanol–water partition coefficient (Wildman–Crippen LogP) is 1.88. The van der Waals surface area contributed by atoms with Crippen molar-refractivity contribution in [3.05, 3.63) is 24.2 Å². The van der Waals surface area contributed by atoms with E-state index in [1.54, 1.807) is 6.26 Å².